The van der Waals surface area contributed by atoms with E-state index < -0.39 is 5.82 Å². The fraction of sp³-hybridized carbons (Fsp3) is 0.412. The van der Waals surface area contributed by atoms with Gasteiger partial charge < -0.3 is 23.2 Å². The van der Waals surface area contributed by atoms with Crippen molar-refractivity contribution >= 4 is 5.91 Å². The summed E-state index contributed by atoms with van der Waals surface area (Å²) in [4.78, 5) is 25.1. The molecule has 0 bridgehead atoms. The third-order valence-corrected chi connectivity index (χ3v) is 4.17. The predicted molar refractivity (Wildman–Crippen MR) is 84.2 cm³/mol. The van der Waals surface area contributed by atoms with Crippen LogP contribution < -0.4 is 15.3 Å². The Bertz CT molecular complexity index is 806. The van der Waals surface area contributed by atoms with Crippen LogP contribution in [0.1, 0.15) is 24.0 Å². The normalized spacial score (nSPS) is 13.8. The molecule has 2 aromatic rings. The molecule has 7 heteroatoms. The number of amides is 1. The maximum atomic E-state index is 12.4. The van der Waals surface area contributed by atoms with E-state index in [0.717, 1.165) is 17.1 Å². The minimum atomic E-state index is -0.786. The summed E-state index contributed by atoms with van der Waals surface area (Å²) in [6.45, 7) is 3.80. The van der Waals surface area contributed by atoms with Crippen molar-refractivity contribution in [1.82, 2.24) is 4.90 Å². The number of carbonyl (C=O) groups is 1. The molecule has 24 heavy (non-hydrogen) atoms. The van der Waals surface area contributed by atoms with Gasteiger partial charge in [0, 0.05) is 13.1 Å². The third kappa shape index (κ3) is 3.29. The summed E-state index contributed by atoms with van der Waals surface area (Å²) in [5.41, 5.74) is 1.05. The molecule has 0 saturated heterocycles. The van der Waals surface area contributed by atoms with Crippen molar-refractivity contribution < 1.29 is 23.1 Å². The Hall–Kier alpha value is -2.70. The van der Waals surface area contributed by atoms with Crippen LogP contribution in [0.4, 0.5) is 0 Å². The van der Waals surface area contributed by atoms with Crippen molar-refractivity contribution in [3.8, 4) is 11.5 Å². The Balaban J connectivity index is 1.63. The van der Waals surface area contributed by atoms with Crippen LogP contribution in [0.2, 0.25) is 0 Å². The highest BCUT2D eigenvalue weighted by molar-refractivity contribution is 5.78. The zero-order valence-electron chi connectivity index (χ0n) is 13.8. The number of nitrogens with zero attached hydrogens (tertiary/aromatic N) is 1. The van der Waals surface area contributed by atoms with Crippen LogP contribution in [0.15, 0.2) is 31.8 Å². The standard InChI is InChI=1S/C17H19NO6/c1-10(6-12-4-5-13-15(7-12)22-9-21-13)18(3)16(19)8-14-11(2)23-17(20)24-14/h4-5,7,10H,6,8-9H2,1-3H3. The fourth-order valence-electron chi connectivity index (χ4n) is 2.59. The topological polar surface area (TPSA) is 82.1 Å². The number of ether oxygens (including phenoxy) is 2. The Kier molecular flexibility index (Phi) is 4.33. The molecule has 1 aromatic carbocycles. The number of rotatable bonds is 5. The van der Waals surface area contributed by atoms with Gasteiger partial charge in [-0.2, -0.15) is 0 Å². The van der Waals surface area contributed by atoms with Gasteiger partial charge in [0.15, 0.2) is 17.3 Å². The quantitative estimate of drug-likeness (QED) is 0.831. The van der Waals surface area contributed by atoms with Gasteiger partial charge in [-0.3, -0.25) is 4.79 Å². The molecule has 0 saturated carbocycles. The van der Waals surface area contributed by atoms with E-state index in [9.17, 15) is 9.59 Å². The lowest BCUT2D eigenvalue weighted by atomic mass is 10.1. The van der Waals surface area contributed by atoms with Gasteiger partial charge in [0.2, 0.25) is 12.7 Å². The van der Waals surface area contributed by atoms with Gasteiger partial charge in [0.1, 0.15) is 5.76 Å². The van der Waals surface area contributed by atoms with Gasteiger partial charge in [0.05, 0.1) is 6.42 Å². The summed E-state index contributed by atoms with van der Waals surface area (Å²) in [5.74, 6) is 1.14. The van der Waals surface area contributed by atoms with Crippen molar-refractivity contribution in [3.63, 3.8) is 0 Å². The number of hydrogen-bond acceptors (Lipinski definition) is 6. The maximum absolute atomic E-state index is 12.4. The average molecular weight is 333 g/mol. The van der Waals surface area contributed by atoms with E-state index in [1.807, 2.05) is 25.1 Å². The van der Waals surface area contributed by atoms with Gasteiger partial charge in [-0.1, -0.05) is 6.07 Å². The lowest BCUT2D eigenvalue weighted by Gasteiger charge is -2.25. The summed E-state index contributed by atoms with van der Waals surface area (Å²) < 4.78 is 20.3. The van der Waals surface area contributed by atoms with Crippen molar-refractivity contribution in [2.45, 2.75) is 32.7 Å². The molecule has 1 unspecified atom stereocenters. The highest BCUT2D eigenvalue weighted by Crippen LogP contribution is 2.32. The smallest absolute Gasteiger partial charge is 0.454 e. The van der Waals surface area contributed by atoms with Gasteiger partial charge in [-0.05, 0) is 38.0 Å². The van der Waals surface area contributed by atoms with E-state index >= 15 is 0 Å². The second-order valence-electron chi connectivity index (χ2n) is 5.86. The maximum Gasteiger partial charge on any atom is 0.519 e. The van der Waals surface area contributed by atoms with Gasteiger partial charge in [-0.25, -0.2) is 4.79 Å². The molecule has 0 N–H and O–H groups in total. The average Bonchev–Trinajstić information content (AvgIpc) is 3.12. The number of likely N-dealkylation sites (N-methyl/N-ethyl adjacent to an activating group) is 1. The SMILES string of the molecule is Cc1oc(=O)oc1CC(=O)N(C)C(C)Cc1ccc2c(c1)OCO2. The van der Waals surface area contributed by atoms with Crippen LogP contribution in [0.25, 0.3) is 0 Å². The molecule has 1 atom stereocenters. The molecule has 2 heterocycles. The Labute approximate surface area is 138 Å². The zero-order chi connectivity index (χ0) is 17.3. The molecule has 0 fully saturated rings. The fourth-order valence-corrected chi connectivity index (χ4v) is 2.59. The molecule has 0 radical (unpaired) electrons. The van der Waals surface area contributed by atoms with Crippen LogP contribution >= 0.6 is 0 Å². The molecule has 0 spiro atoms. The number of benzene rings is 1. The van der Waals surface area contributed by atoms with E-state index in [1.54, 1.807) is 18.9 Å². The first-order valence-electron chi connectivity index (χ1n) is 7.67. The van der Waals surface area contributed by atoms with Crippen LogP contribution in [-0.4, -0.2) is 30.7 Å². The minimum Gasteiger partial charge on any atom is -0.454 e. The summed E-state index contributed by atoms with van der Waals surface area (Å²) in [6.07, 6.45) is 0.673. The number of aryl methyl sites for hydroxylation is 1. The van der Waals surface area contributed by atoms with Crippen molar-refractivity contribution in [2.24, 2.45) is 0 Å². The molecule has 1 aromatic heterocycles. The molecular weight excluding hydrogens is 314 g/mol. The molecule has 1 amide bonds. The Morgan fingerprint density at radius 1 is 1.25 bits per heavy atom. The number of carbonyl (C=O) groups excluding carboxylic acids is 1. The zero-order valence-corrected chi connectivity index (χ0v) is 13.8. The largest absolute Gasteiger partial charge is 0.519 e. The van der Waals surface area contributed by atoms with Crippen LogP contribution in [-0.2, 0) is 17.6 Å². The van der Waals surface area contributed by atoms with Gasteiger partial charge in [-0.15, -0.1) is 0 Å². The van der Waals surface area contributed by atoms with E-state index in [2.05, 4.69) is 0 Å². The Morgan fingerprint density at radius 3 is 2.71 bits per heavy atom. The first-order valence-corrected chi connectivity index (χ1v) is 7.67. The van der Waals surface area contributed by atoms with E-state index in [0.29, 0.717) is 12.2 Å². The lowest BCUT2D eigenvalue weighted by molar-refractivity contribution is -0.131. The van der Waals surface area contributed by atoms with Crippen LogP contribution in [0.5, 0.6) is 11.5 Å². The molecule has 128 valence electrons. The van der Waals surface area contributed by atoms with E-state index in [4.69, 9.17) is 18.3 Å². The lowest BCUT2D eigenvalue weighted by Crippen LogP contribution is -2.37. The number of hydrogen-bond donors (Lipinski definition) is 0. The second-order valence-corrected chi connectivity index (χ2v) is 5.86. The Morgan fingerprint density at radius 2 is 2.00 bits per heavy atom. The van der Waals surface area contributed by atoms with Gasteiger partial charge >= 0.3 is 5.82 Å². The summed E-state index contributed by atoms with van der Waals surface area (Å²) >= 11 is 0. The molecular formula is C17H19NO6. The van der Waals surface area contributed by atoms with Crippen LogP contribution in [0, 0.1) is 6.92 Å². The van der Waals surface area contributed by atoms with Crippen molar-refractivity contribution in [3.05, 3.63) is 45.9 Å². The summed E-state index contributed by atoms with van der Waals surface area (Å²) in [5, 5.41) is 0. The highest BCUT2D eigenvalue weighted by Gasteiger charge is 2.21. The summed E-state index contributed by atoms with van der Waals surface area (Å²) in [7, 11) is 1.73. The highest BCUT2D eigenvalue weighted by atomic mass is 16.7. The predicted octanol–water partition coefficient (Wildman–Crippen LogP) is 1.90. The van der Waals surface area contributed by atoms with Crippen LogP contribution in [0.3, 0.4) is 0 Å². The first-order chi connectivity index (χ1) is 11.4. The summed E-state index contributed by atoms with van der Waals surface area (Å²) in [6, 6.07) is 5.73. The third-order valence-electron chi connectivity index (χ3n) is 4.17. The van der Waals surface area contributed by atoms with Crippen molar-refractivity contribution in [1.29, 1.82) is 0 Å². The number of fused-ring (bicyclic) bond motifs is 1. The van der Waals surface area contributed by atoms with Gasteiger partial charge in [0.25, 0.3) is 0 Å². The van der Waals surface area contributed by atoms with E-state index in [-0.39, 0.29) is 30.9 Å². The molecule has 1 aliphatic heterocycles. The molecule has 3 rings (SSSR count). The first kappa shape index (κ1) is 16.2. The minimum absolute atomic E-state index is 0.000444. The molecule has 1 aliphatic rings. The second kappa shape index (κ2) is 6.43. The van der Waals surface area contributed by atoms with E-state index in [1.165, 1.54) is 0 Å². The monoisotopic (exact) mass is 333 g/mol. The molecule has 0 aliphatic carbocycles. The van der Waals surface area contributed by atoms with Crippen molar-refractivity contribution in [2.75, 3.05) is 13.8 Å². The molecule has 7 nitrogen and oxygen atoms in total.